The van der Waals surface area contributed by atoms with Gasteiger partial charge in [-0.2, -0.15) is 0 Å². The SMILES string of the molecule is CCCCOC(=O)n1c(Br)c2c3c(cccc31)C1=C[C@@H](C(=O)N(CC)CC)CN(C)[C@@H]1C2. The maximum absolute atomic E-state index is 13.1. The summed E-state index contributed by atoms with van der Waals surface area (Å²) in [7, 11) is 2.09. The van der Waals surface area contributed by atoms with Crippen LogP contribution in [0.25, 0.3) is 16.5 Å². The van der Waals surface area contributed by atoms with Crippen LogP contribution in [0.2, 0.25) is 0 Å². The molecule has 0 bridgehead atoms. The molecule has 1 aliphatic carbocycles. The van der Waals surface area contributed by atoms with E-state index in [1.165, 1.54) is 5.57 Å². The normalized spacial score (nSPS) is 20.1. The summed E-state index contributed by atoms with van der Waals surface area (Å²) in [4.78, 5) is 30.2. The fourth-order valence-corrected chi connectivity index (χ4v) is 5.76. The van der Waals surface area contributed by atoms with E-state index in [9.17, 15) is 9.59 Å². The Morgan fingerprint density at radius 1 is 1.22 bits per heavy atom. The van der Waals surface area contributed by atoms with Crippen LogP contribution in [0, 0.1) is 5.92 Å². The lowest BCUT2D eigenvalue weighted by molar-refractivity contribution is -0.134. The van der Waals surface area contributed by atoms with E-state index in [1.807, 2.05) is 30.9 Å². The van der Waals surface area contributed by atoms with Gasteiger partial charge in [-0.3, -0.25) is 9.69 Å². The largest absolute Gasteiger partial charge is 0.449 e. The van der Waals surface area contributed by atoms with Crippen molar-refractivity contribution >= 4 is 44.4 Å². The molecule has 1 aromatic carbocycles. The Morgan fingerprint density at radius 3 is 2.66 bits per heavy atom. The van der Waals surface area contributed by atoms with Gasteiger partial charge in [0.15, 0.2) is 0 Å². The summed E-state index contributed by atoms with van der Waals surface area (Å²) in [6.07, 6.45) is 4.44. The van der Waals surface area contributed by atoms with Gasteiger partial charge < -0.3 is 9.64 Å². The van der Waals surface area contributed by atoms with E-state index in [0.717, 1.165) is 59.0 Å². The molecule has 2 aromatic rings. The Kier molecular flexibility index (Phi) is 6.77. The number of carbonyl (C=O) groups is 2. The van der Waals surface area contributed by atoms with Gasteiger partial charge in [-0.25, -0.2) is 9.36 Å². The number of unbranched alkanes of at least 4 members (excludes halogenated alkanes) is 1. The quantitative estimate of drug-likeness (QED) is 0.526. The lowest BCUT2D eigenvalue weighted by Crippen LogP contribution is -2.47. The van der Waals surface area contributed by atoms with Crippen molar-refractivity contribution in [3.8, 4) is 0 Å². The number of fused-ring (bicyclic) bond motifs is 2. The van der Waals surface area contributed by atoms with Gasteiger partial charge in [-0.15, -0.1) is 0 Å². The Morgan fingerprint density at radius 2 is 1.97 bits per heavy atom. The Bertz CT molecular complexity index is 1070. The van der Waals surface area contributed by atoms with E-state index in [2.05, 4.69) is 46.9 Å². The number of rotatable bonds is 6. The second-order valence-electron chi connectivity index (χ2n) is 8.67. The van der Waals surface area contributed by atoms with Gasteiger partial charge in [0.05, 0.1) is 22.6 Å². The summed E-state index contributed by atoms with van der Waals surface area (Å²) in [5.41, 5.74) is 4.28. The minimum atomic E-state index is -0.347. The number of carbonyl (C=O) groups excluding carboxylic acids is 2. The lowest BCUT2D eigenvalue weighted by Gasteiger charge is -2.40. The molecule has 1 amide bonds. The van der Waals surface area contributed by atoms with Crippen LogP contribution in [-0.2, 0) is 16.0 Å². The van der Waals surface area contributed by atoms with Crippen molar-refractivity contribution in [2.45, 2.75) is 46.1 Å². The molecule has 2 atom stereocenters. The maximum Gasteiger partial charge on any atom is 0.419 e. The molecule has 1 aliphatic heterocycles. The summed E-state index contributed by atoms with van der Waals surface area (Å²) >= 11 is 3.71. The molecule has 0 saturated carbocycles. The highest BCUT2D eigenvalue weighted by Gasteiger charge is 2.38. The monoisotopic (exact) mass is 501 g/mol. The van der Waals surface area contributed by atoms with Gasteiger partial charge in [0.1, 0.15) is 0 Å². The number of halogens is 1. The van der Waals surface area contributed by atoms with Crippen LogP contribution in [0.1, 0.15) is 44.7 Å². The van der Waals surface area contributed by atoms with Crippen LogP contribution < -0.4 is 0 Å². The lowest BCUT2D eigenvalue weighted by atomic mass is 9.79. The van der Waals surface area contributed by atoms with Crippen LogP contribution in [0.5, 0.6) is 0 Å². The van der Waals surface area contributed by atoms with Crippen LogP contribution >= 0.6 is 15.9 Å². The number of aromatic nitrogens is 1. The first kappa shape index (κ1) is 23.1. The fraction of sp³-hybridized carbons (Fsp3) is 0.520. The second kappa shape index (κ2) is 9.40. The molecule has 2 heterocycles. The van der Waals surface area contributed by atoms with E-state index in [4.69, 9.17) is 4.74 Å². The molecule has 4 rings (SSSR count). The zero-order valence-electron chi connectivity index (χ0n) is 19.4. The Hall–Kier alpha value is -2.12. The highest BCUT2D eigenvalue weighted by atomic mass is 79.9. The van der Waals surface area contributed by atoms with E-state index < -0.39 is 0 Å². The predicted molar refractivity (Wildman–Crippen MR) is 131 cm³/mol. The average molecular weight is 502 g/mol. The molecule has 0 N–H and O–H groups in total. The van der Waals surface area contributed by atoms with Crippen LogP contribution in [0.3, 0.4) is 0 Å². The molecular weight excluding hydrogens is 470 g/mol. The van der Waals surface area contributed by atoms with Crippen molar-refractivity contribution in [3.05, 3.63) is 40.0 Å². The molecule has 2 aliphatic rings. The molecule has 0 saturated heterocycles. The van der Waals surface area contributed by atoms with Crippen LogP contribution in [0.15, 0.2) is 28.9 Å². The number of likely N-dealkylation sites (N-methyl/N-ethyl adjacent to an activating group) is 1. The second-order valence-corrected chi connectivity index (χ2v) is 9.42. The minimum Gasteiger partial charge on any atom is -0.449 e. The summed E-state index contributed by atoms with van der Waals surface area (Å²) < 4.78 is 7.96. The number of amides is 1. The minimum absolute atomic E-state index is 0.160. The number of ether oxygens (including phenoxy) is 1. The van der Waals surface area contributed by atoms with Crippen molar-refractivity contribution in [1.82, 2.24) is 14.4 Å². The maximum atomic E-state index is 13.1. The van der Waals surface area contributed by atoms with E-state index in [0.29, 0.717) is 13.2 Å². The molecule has 0 radical (unpaired) electrons. The summed E-state index contributed by atoms with van der Waals surface area (Å²) in [6, 6.07) is 6.25. The third-order valence-corrected chi connectivity index (χ3v) is 7.63. The van der Waals surface area contributed by atoms with Gasteiger partial charge >= 0.3 is 6.09 Å². The summed E-state index contributed by atoms with van der Waals surface area (Å²) in [6.45, 7) is 8.69. The molecule has 0 unspecified atom stereocenters. The smallest absolute Gasteiger partial charge is 0.419 e. The van der Waals surface area contributed by atoms with Crippen molar-refractivity contribution in [3.63, 3.8) is 0 Å². The number of benzene rings is 1. The molecule has 0 spiro atoms. The molecule has 32 heavy (non-hydrogen) atoms. The molecule has 1 aromatic heterocycles. The van der Waals surface area contributed by atoms with Crippen LogP contribution in [0.4, 0.5) is 4.79 Å². The Balaban J connectivity index is 1.79. The standard InChI is InChI=1S/C25H32BrN3O3/c1-5-8-12-32-25(31)29-20-11-9-10-17-18-13-16(24(30)28(6-2)7-3)15-27(4)21(18)14-19(22(17)20)23(29)26/h9-11,13,16,21H,5-8,12,14-15H2,1-4H3/t16-,21-/m1/s1. The molecule has 0 fully saturated rings. The number of nitrogens with zero attached hydrogens (tertiary/aromatic N) is 3. The van der Waals surface area contributed by atoms with Gasteiger partial charge in [-0.1, -0.05) is 31.6 Å². The predicted octanol–water partition coefficient (Wildman–Crippen LogP) is 4.93. The van der Waals surface area contributed by atoms with Crippen molar-refractivity contribution in [2.75, 3.05) is 33.3 Å². The van der Waals surface area contributed by atoms with Gasteiger partial charge in [0.2, 0.25) is 5.91 Å². The average Bonchev–Trinajstić information content (AvgIpc) is 3.07. The highest BCUT2D eigenvalue weighted by molar-refractivity contribution is 9.10. The van der Waals surface area contributed by atoms with E-state index in [1.54, 1.807) is 4.57 Å². The highest BCUT2D eigenvalue weighted by Crippen LogP contribution is 2.45. The third kappa shape index (κ3) is 3.79. The van der Waals surface area contributed by atoms with Gasteiger partial charge in [-0.05, 0) is 72.4 Å². The van der Waals surface area contributed by atoms with Crippen molar-refractivity contribution in [1.29, 1.82) is 0 Å². The first-order chi connectivity index (χ1) is 15.4. The molecule has 6 nitrogen and oxygen atoms in total. The zero-order chi connectivity index (χ0) is 23.0. The zero-order valence-corrected chi connectivity index (χ0v) is 20.9. The van der Waals surface area contributed by atoms with Crippen LogP contribution in [-0.4, -0.2) is 65.7 Å². The van der Waals surface area contributed by atoms with E-state index >= 15 is 0 Å². The third-order valence-electron chi connectivity index (χ3n) is 6.79. The number of hydrogen-bond donors (Lipinski definition) is 0. The van der Waals surface area contributed by atoms with Gasteiger partial charge in [0.25, 0.3) is 0 Å². The van der Waals surface area contributed by atoms with Crippen molar-refractivity contribution in [2.24, 2.45) is 5.92 Å². The fourth-order valence-electron chi connectivity index (χ4n) is 5.06. The van der Waals surface area contributed by atoms with Crippen molar-refractivity contribution < 1.29 is 14.3 Å². The number of hydrogen-bond acceptors (Lipinski definition) is 4. The summed E-state index contributed by atoms with van der Waals surface area (Å²) in [5.74, 6) is 0.0246. The first-order valence-electron chi connectivity index (χ1n) is 11.6. The van der Waals surface area contributed by atoms with E-state index in [-0.39, 0.29) is 24.0 Å². The van der Waals surface area contributed by atoms with Gasteiger partial charge in [0, 0.05) is 31.1 Å². The molecular formula is C25H32BrN3O3. The first-order valence-corrected chi connectivity index (χ1v) is 12.4. The topological polar surface area (TPSA) is 54.8 Å². The molecule has 7 heteroatoms. The Labute approximate surface area is 198 Å². The summed E-state index contributed by atoms with van der Waals surface area (Å²) in [5, 5.41) is 1.08. The molecule has 172 valence electrons.